The number of nitriles is 1. The molecule has 0 fully saturated rings. The molecule has 2 amide bonds. The summed E-state index contributed by atoms with van der Waals surface area (Å²) < 4.78 is 12.9. The van der Waals surface area contributed by atoms with Crippen LogP contribution < -0.4 is 10.6 Å². The van der Waals surface area contributed by atoms with Gasteiger partial charge in [-0.2, -0.15) is 5.26 Å². The predicted octanol–water partition coefficient (Wildman–Crippen LogP) is 2.98. The number of rotatable bonds is 5. The molecule has 0 aromatic heterocycles. The molecule has 0 unspecified atom stereocenters. The molecule has 6 heteroatoms. The Morgan fingerprint density at radius 2 is 1.80 bits per heavy atom. The molecule has 0 bridgehead atoms. The molecule has 128 valence electrons. The normalized spacial score (nSPS) is 10.6. The van der Waals surface area contributed by atoms with Crippen LogP contribution in [-0.4, -0.2) is 11.8 Å². The molecular weight excluding hydrogens is 321 g/mol. The van der Waals surface area contributed by atoms with Crippen molar-refractivity contribution in [2.24, 2.45) is 5.41 Å². The molecule has 2 aromatic rings. The van der Waals surface area contributed by atoms with Gasteiger partial charge in [0.05, 0.1) is 11.6 Å². The maximum atomic E-state index is 12.9. The molecule has 2 rings (SSSR count). The van der Waals surface area contributed by atoms with Gasteiger partial charge in [0.25, 0.3) is 0 Å². The molecule has 0 saturated carbocycles. The topological polar surface area (TPSA) is 82.0 Å². The summed E-state index contributed by atoms with van der Waals surface area (Å²) in [6, 6.07) is 14.2. The maximum absolute atomic E-state index is 12.9. The Morgan fingerprint density at radius 3 is 2.44 bits per heavy atom. The van der Waals surface area contributed by atoms with Crippen LogP contribution in [0.3, 0.4) is 0 Å². The molecule has 0 aliphatic heterocycles. The van der Waals surface area contributed by atoms with Gasteiger partial charge in [-0.25, -0.2) is 4.39 Å². The van der Waals surface area contributed by atoms with Gasteiger partial charge in [-0.05, 0) is 49.7 Å². The van der Waals surface area contributed by atoms with Crippen LogP contribution in [0.25, 0.3) is 0 Å². The average Bonchev–Trinajstić information content (AvgIpc) is 2.61. The van der Waals surface area contributed by atoms with Gasteiger partial charge in [0.2, 0.25) is 11.8 Å². The Balaban J connectivity index is 2.00. The third-order valence-corrected chi connectivity index (χ3v) is 3.75. The standard InChI is InChI=1S/C19H18FN3O2/c1-19(2,17(24)22-12-13-6-8-15(20)9-7-13)18(25)23-16-5-3-4-14(10-16)11-21/h3-10H,12H2,1-2H3,(H,22,24)(H,23,25). The van der Waals surface area contributed by atoms with Gasteiger partial charge < -0.3 is 10.6 Å². The quantitative estimate of drug-likeness (QED) is 0.822. The Bertz CT molecular complexity index is 823. The van der Waals surface area contributed by atoms with E-state index in [1.165, 1.54) is 32.0 Å². The molecule has 0 aliphatic rings. The van der Waals surface area contributed by atoms with E-state index in [-0.39, 0.29) is 12.4 Å². The lowest BCUT2D eigenvalue weighted by molar-refractivity contribution is -0.138. The SMILES string of the molecule is CC(C)(C(=O)NCc1ccc(F)cc1)C(=O)Nc1cccc(C#N)c1. The highest BCUT2D eigenvalue weighted by Gasteiger charge is 2.35. The van der Waals surface area contributed by atoms with Gasteiger partial charge in [-0.1, -0.05) is 18.2 Å². The Morgan fingerprint density at radius 1 is 1.12 bits per heavy atom. The molecule has 0 heterocycles. The van der Waals surface area contributed by atoms with Gasteiger partial charge in [0.1, 0.15) is 11.2 Å². The highest BCUT2D eigenvalue weighted by atomic mass is 19.1. The van der Waals surface area contributed by atoms with E-state index in [2.05, 4.69) is 10.6 Å². The van der Waals surface area contributed by atoms with E-state index in [0.717, 1.165) is 5.56 Å². The average molecular weight is 339 g/mol. The van der Waals surface area contributed by atoms with Crippen molar-refractivity contribution < 1.29 is 14.0 Å². The van der Waals surface area contributed by atoms with E-state index in [0.29, 0.717) is 11.3 Å². The van der Waals surface area contributed by atoms with Crippen molar-refractivity contribution in [2.75, 3.05) is 5.32 Å². The molecular formula is C19H18FN3O2. The van der Waals surface area contributed by atoms with E-state index < -0.39 is 17.2 Å². The number of nitrogens with zero attached hydrogens (tertiary/aromatic N) is 1. The third kappa shape index (κ3) is 4.64. The van der Waals surface area contributed by atoms with E-state index >= 15 is 0 Å². The molecule has 0 aliphatic carbocycles. The summed E-state index contributed by atoms with van der Waals surface area (Å²) >= 11 is 0. The number of hydrogen-bond donors (Lipinski definition) is 2. The van der Waals surface area contributed by atoms with Crippen molar-refractivity contribution in [2.45, 2.75) is 20.4 Å². The second-order valence-electron chi connectivity index (χ2n) is 6.08. The largest absolute Gasteiger partial charge is 0.351 e. The molecule has 2 aromatic carbocycles. The first-order valence-electron chi connectivity index (χ1n) is 7.67. The van der Waals surface area contributed by atoms with Gasteiger partial charge in [-0.3, -0.25) is 9.59 Å². The number of hydrogen-bond acceptors (Lipinski definition) is 3. The van der Waals surface area contributed by atoms with Crippen molar-refractivity contribution in [3.8, 4) is 6.07 Å². The zero-order valence-electron chi connectivity index (χ0n) is 14.0. The van der Waals surface area contributed by atoms with Crippen LogP contribution in [0, 0.1) is 22.6 Å². The number of benzene rings is 2. The van der Waals surface area contributed by atoms with Crippen molar-refractivity contribution in [3.05, 3.63) is 65.5 Å². The summed E-state index contributed by atoms with van der Waals surface area (Å²) in [5.74, 6) is -1.29. The third-order valence-electron chi connectivity index (χ3n) is 3.75. The predicted molar refractivity (Wildman–Crippen MR) is 91.8 cm³/mol. The zero-order chi connectivity index (χ0) is 18.4. The Kier molecular flexibility index (Phi) is 5.50. The zero-order valence-corrected chi connectivity index (χ0v) is 14.0. The smallest absolute Gasteiger partial charge is 0.239 e. The van der Waals surface area contributed by atoms with Crippen LogP contribution >= 0.6 is 0 Å². The molecule has 0 saturated heterocycles. The second-order valence-corrected chi connectivity index (χ2v) is 6.08. The fourth-order valence-corrected chi connectivity index (χ4v) is 2.06. The number of anilines is 1. The number of carbonyl (C=O) groups excluding carboxylic acids is 2. The Labute approximate surface area is 145 Å². The molecule has 0 spiro atoms. The molecule has 25 heavy (non-hydrogen) atoms. The lowest BCUT2D eigenvalue weighted by Crippen LogP contribution is -2.44. The first-order chi connectivity index (χ1) is 11.8. The summed E-state index contributed by atoms with van der Waals surface area (Å²) in [5.41, 5.74) is 0.273. The second kappa shape index (κ2) is 7.58. The number of amides is 2. The van der Waals surface area contributed by atoms with Crippen LogP contribution in [0.1, 0.15) is 25.0 Å². The first-order valence-corrected chi connectivity index (χ1v) is 7.67. The highest BCUT2D eigenvalue weighted by molar-refractivity contribution is 6.09. The van der Waals surface area contributed by atoms with Gasteiger partial charge in [0, 0.05) is 12.2 Å². The van der Waals surface area contributed by atoms with Crippen LogP contribution in [0.15, 0.2) is 48.5 Å². The van der Waals surface area contributed by atoms with E-state index in [9.17, 15) is 14.0 Å². The minimum Gasteiger partial charge on any atom is -0.351 e. The summed E-state index contributed by atoms with van der Waals surface area (Å²) in [5, 5.41) is 14.2. The minimum atomic E-state index is -1.32. The van der Waals surface area contributed by atoms with Crippen molar-refractivity contribution in [1.82, 2.24) is 5.32 Å². The minimum absolute atomic E-state index is 0.194. The monoisotopic (exact) mass is 339 g/mol. The van der Waals surface area contributed by atoms with E-state index in [4.69, 9.17) is 5.26 Å². The summed E-state index contributed by atoms with van der Waals surface area (Å²) in [6.45, 7) is 3.21. The fraction of sp³-hybridized carbons (Fsp3) is 0.211. The maximum Gasteiger partial charge on any atom is 0.239 e. The lowest BCUT2D eigenvalue weighted by atomic mass is 9.90. The van der Waals surface area contributed by atoms with Crippen LogP contribution in [0.5, 0.6) is 0 Å². The van der Waals surface area contributed by atoms with Crippen molar-refractivity contribution >= 4 is 17.5 Å². The summed E-state index contributed by atoms with van der Waals surface area (Å²) in [7, 11) is 0. The van der Waals surface area contributed by atoms with Crippen LogP contribution in [0.4, 0.5) is 10.1 Å². The summed E-state index contributed by atoms with van der Waals surface area (Å²) in [6.07, 6.45) is 0. The molecule has 5 nitrogen and oxygen atoms in total. The van der Waals surface area contributed by atoms with Crippen molar-refractivity contribution in [3.63, 3.8) is 0 Å². The fourth-order valence-electron chi connectivity index (χ4n) is 2.06. The molecule has 0 atom stereocenters. The van der Waals surface area contributed by atoms with Gasteiger partial charge in [-0.15, -0.1) is 0 Å². The molecule has 2 N–H and O–H groups in total. The van der Waals surface area contributed by atoms with E-state index in [1.54, 1.807) is 30.3 Å². The van der Waals surface area contributed by atoms with E-state index in [1.807, 2.05) is 6.07 Å². The summed E-state index contributed by atoms with van der Waals surface area (Å²) in [4.78, 5) is 24.8. The highest BCUT2D eigenvalue weighted by Crippen LogP contribution is 2.20. The van der Waals surface area contributed by atoms with Crippen LogP contribution in [-0.2, 0) is 16.1 Å². The number of carbonyl (C=O) groups is 2. The van der Waals surface area contributed by atoms with Gasteiger partial charge in [0.15, 0.2) is 0 Å². The van der Waals surface area contributed by atoms with Crippen LogP contribution in [0.2, 0.25) is 0 Å². The number of halogens is 1. The number of nitrogens with one attached hydrogen (secondary N) is 2. The Hall–Kier alpha value is -3.20. The van der Waals surface area contributed by atoms with Crippen molar-refractivity contribution in [1.29, 1.82) is 5.26 Å². The van der Waals surface area contributed by atoms with Gasteiger partial charge >= 0.3 is 0 Å². The first kappa shape index (κ1) is 18.1. The lowest BCUT2D eigenvalue weighted by Gasteiger charge is -2.22. The molecule has 0 radical (unpaired) electrons.